The van der Waals surface area contributed by atoms with E-state index in [1.807, 2.05) is 29.7 Å². The second kappa shape index (κ2) is 4.74. The van der Waals surface area contributed by atoms with E-state index in [9.17, 15) is 0 Å². The minimum Gasteiger partial charge on any atom is -0.399 e. The van der Waals surface area contributed by atoms with Crippen LogP contribution in [0.5, 0.6) is 0 Å². The first kappa shape index (κ1) is 12.7. The number of benzene rings is 1. The molecule has 1 unspecified atom stereocenters. The van der Waals surface area contributed by atoms with Crippen molar-refractivity contribution in [2.24, 2.45) is 0 Å². The molecule has 0 saturated heterocycles. The first-order valence-corrected chi connectivity index (χ1v) is 8.09. The number of thiophene rings is 1. The number of nitrogen functional groups attached to an aromatic ring is 1. The molecule has 1 aliphatic rings. The van der Waals surface area contributed by atoms with Gasteiger partial charge in [0.25, 0.3) is 0 Å². The lowest BCUT2D eigenvalue weighted by atomic mass is 10.00. The van der Waals surface area contributed by atoms with E-state index in [4.69, 9.17) is 5.73 Å². The molecule has 0 fully saturated rings. The lowest BCUT2D eigenvalue weighted by molar-refractivity contribution is 0.634. The van der Waals surface area contributed by atoms with Gasteiger partial charge in [0, 0.05) is 34.4 Å². The molecule has 0 amide bonds. The van der Waals surface area contributed by atoms with Crippen LogP contribution < -0.4 is 10.6 Å². The first-order chi connectivity index (χ1) is 10.2. The number of aromatic nitrogens is 1. The number of nitrogens with two attached hydrogens (primary N) is 1. The Morgan fingerprint density at radius 1 is 1.29 bits per heavy atom. The van der Waals surface area contributed by atoms with E-state index in [2.05, 4.69) is 40.4 Å². The average Bonchev–Trinajstić information content (AvgIpc) is 2.96. The lowest BCUT2D eigenvalue weighted by Gasteiger charge is -2.36. The van der Waals surface area contributed by atoms with Gasteiger partial charge >= 0.3 is 0 Å². The Kier molecular flexibility index (Phi) is 2.86. The lowest BCUT2D eigenvalue weighted by Crippen LogP contribution is -2.33. The van der Waals surface area contributed by atoms with Crippen LogP contribution in [0.3, 0.4) is 0 Å². The molecule has 106 valence electrons. The molecule has 0 saturated carbocycles. The van der Waals surface area contributed by atoms with Gasteiger partial charge in [0.2, 0.25) is 0 Å². The van der Waals surface area contributed by atoms with Crippen LogP contribution in [-0.4, -0.2) is 11.5 Å². The second-order valence-corrected chi connectivity index (χ2v) is 6.53. The van der Waals surface area contributed by atoms with Crippen LogP contribution >= 0.6 is 11.3 Å². The molecule has 1 aromatic carbocycles. The summed E-state index contributed by atoms with van der Waals surface area (Å²) >= 11 is 1.88. The minimum atomic E-state index is 0.406. The highest BCUT2D eigenvalue weighted by Crippen LogP contribution is 2.38. The van der Waals surface area contributed by atoms with Gasteiger partial charge in [-0.15, -0.1) is 11.3 Å². The van der Waals surface area contributed by atoms with Crippen LogP contribution in [0.15, 0.2) is 41.9 Å². The van der Waals surface area contributed by atoms with Crippen molar-refractivity contribution in [2.45, 2.75) is 19.4 Å². The Morgan fingerprint density at radius 3 is 3.10 bits per heavy atom. The van der Waals surface area contributed by atoms with E-state index in [0.717, 1.165) is 24.2 Å². The van der Waals surface area contributed by atoms with Gasteiger partial charge in [-0.2, -0.15) is 0 Å². The van der Waals surface area contributed by atoms with Crippen molar-refractivity contribution in [1.29, 1.82) is 0 Å². The van der Waals surface area contributed by atoms with Gasteiger partial charge in [0.15, 0.2) is 0 Å². The minimum absolute atomic E-state index is 0.406. The molecule has 1 aliphatic heterocycles. The number of rotatable bonds is 1. The maximum Gasteiger partial charge on any atom is 0.0743 e. The molecular formula is C17H17N3S. The number of pyridine rings is 1. The summed E-state index contributed by atoms with van der Waals surface area (Å²) in [7, 11) is 0. The second-order valence-electron chi connectivity index (χ2n) is 5.53. The van der Waals surface area contributed by atoms with E-state index >= 15 is 0 Å². The molecule has 3 heterocycles. The van der Waals surface area contributed by atoms with Gasteiger partial charge in [0.05, 0.1) is 11.6 Å². The first-order valence-electron chi connectivity index (χ1n) is 7.21. The maximum atomic E-state index is 5.88. The fourth-order valence-corrected chi connectivity index (χ4v) is 4.20. The van der Waals surface area contributed by atoms with Crippen molar-refractivity contribution in [3.05, 3.63) is 52.3 Å². The van der Waals surface area contributed by atoms with Crippen LogP contribution in [0.1, 0.15) is 23.4 Å². The molecule has 0 aliphatic carbocycles. The Morgan fingerprint density at radius 2 is 2.19 bits per heavy atom. The summed E-state index contributed by atoms with van der Waals surface area (Å²) in [6.07, 6.45) is 3.00. The molecule has 2 aromatic heterocycles. The van der Waals surface area contributed by atoms with Crippen LogP contribution in [0, 0.1) is 0 Å². The zero-order valence-electron chi connectivity index (χ0n) is 11.9. The summed E-state index contributed by atoms with van der Waals surface area (Å²) in [5, 5.41) is 3.38. The van der Waals surface area contributed by atoms with Gasteiger partial charge in [0.1, 0.15) is 0 Å². The van der Waals surface area contributed by atoms with Gasteiger partial charge in [-0.05, 0) is 54.6 Å². The number of hydrogen-bond donors (Lipinski definition) is 1. The van der Waals surface area contributed by atoms with Crippen molar-refractivity contribution in [2.75, 3.05) is 17.2 Å². The van der Waals surface area contributed by atoms with Gasteiger partial charge in [-0.25, -0.2) is 0 Å². The third-order valence-electron chi connectivity index (χ3n) is 4.33. The molecule has 4 heteroatoms. The van der Waals surface area contributed by atoms with Crippen LogP contribution in [0.4, 0.5) is 11.4 Å². The average molecular weight is 295 g/mol. The Balaban J connectivity index is 1.84. The molecule has 3 nitrogen and oxygen atoms in total. The Labute approximate surface area is 128 Å². The fraction of sp³-hybridized carbons (Fsp3) is 0.235. The van der Waals surface area contributed by atoms with Crippen molar-refractivity contribution in [3.63, 3.8) is 0 Å². The van der Waals surface area contributed by atoms with Crippen LogP contribution in [0.2, 0.25) is 0 Å². The zero-order valence-corrected chi connectivity index (χ0v) is 12.7. The SMILES string of the molecule is CC1c2ccsc2CCN1c1ccnc2cc(N)ccc12. The molecule has 21 heavy (non-hydrogen) atoms. The third kappa shape index (κ3) is 1.98. The molecule has 4 rings (SSSR count). The van der Waals surface area contributed by atoms with Gasteiger partial charge in [-0.1, -0.05) is 0 Å². The molecule has 3 aromatic rings. The molecule has 0 bridgehead atoms. The largest absolute Gasteiger partial charge is 0.399 e. The normalized spacial score (nSPS) is 18.0. The fourth-order valence-electron chi connectivity index (χ4n) is 3.24. The van der Waals surface area contributed by atoms with Gasteiger partial charge in [-0.3, -0.25) is 4.98 Å². The van der Waals surface area contributed by atoms with E-state index in [1.165, 1.54) is 21.5 Å². The summed E-state index contributed by atoms with van der Waals surface area (Å²) in [6, 6.07) is 10.8. The monoisotopic (exact) mass is 295 g/mol. The van der Waals surface area contributed by atoms with Crippen molar-refractivity contribution in [1.82, 2.24) is 4.98 Å². The van der Waals surface area contributed by atoms with Crippen molar-refractivity contribution in [3.8, 4) is 0 Å². The predicted octanol–water partition coefficient (Wildman–Crippen LogP) is 4.00. The molecule has 1 atom stereocenters. The number of hydrogen-bond acceptors (Lipinski definition) is 4. The smallest absolute Gasteiger partial charge is 0.0743 e. The van der Waals surface area contributed by atoms with Gasteiger partial charge < -0.3 is 10.6 Å². The van der Waals surface area contributed by atoms with E-state index in [1.54, 1.807) is 0 Å². The molecule has 2 N–H and O–H groups in total. The number of fused-ring (bicyclic) bond motifs is 2. The van der Waals surface area contributed by atoms with Crippen molar-refractivity contribution < 1.29 is 0 Å². The highest BCUT2D eigenvalue weighted by molar-refractivity contribution is 7.10. The quantitative estimate of drug-likeness (QED) is 0.690. The Bertz CT molecular complexity index is 809. The summed E-state index contributed by atoms with van der Waals surface area (Å²) in [5.74, 6) is 0. The Hall–Kier alpha value is -2.07. The zero-order chi connectivity index (χ0) is 14.4. The highest BCUT2D eigenvalue weighted by atomic mass is 32.1. The summed E-state index contributed by atoms with van der Waals surface area (Å²) in [5.41, 5.74) is 10.3. The number of nitrogens with zero attached hydrogens (tertiary/aromatic N) is 2. The molecule has 0 radical (unpaired) electrons. The highest BCUT2D eigenvalue weighted by Gasteiger charge is 2.25. The van der Waals surface area contributed by atoms with E-state index in [0.29, 0.717) is 6.04 Å². The van der Waals surface area contributed by atoms with Crippen LogP contribution in [-0.2, 0) is 6.42 Å². The predicted molar refractivity (Wildman–Crippen MR) is 89.9 cm³/mol. The maximum absolute atomic E-state index is 5.88. The standard InChI is InChI=1S/C17H17N3S/c1-11-13-6-9-21-17(13)5-8-20(11)16-4-7-19-15-10-12(18)2-3-14(15)16/h2-4,6-7,9-11H,5,8,18H2,1H3. The van der Waals surface area contributed by atoms with E-state index in [-0.39, 0.29) is 0 Å². The summed E-state index contributed by atoms with van der Waals surface area (Å²) in [4.78, 5) is 8.46. The molecular weight excluding hydrogens is 278 g/mol. The third-order valence-corrected chi connectivity index (χ3v) is 5.33. The topological polar surface area (TPSA) is 42.2 Å². The number of anilines is 2. The van der Waals surface area contributed by atoms with Crippen LogP contribution in [0.25, 0.3) is 10.9 Å². The summed E-state index contributed by atoms with van der Waals surface area (Å²) in [6.45, 7) is 3.34. The molecule has 0 spiro atoms. The van der Waals surface area contributed by atoms with E-state index < -0.39 is 0 Å². The van der Waals surface area contributed by atoms with Crippen molar-refractivity contribution >= 4 is 33.6 Å². The summed E-state index contributed by atoms with van der Waals surface area (Å²) < 4.78 is 0.